The van der Waals surface area contributed by atoms with E-state index in [4.69, 9.17) is 0 Å². The maximum Gasteiger partial charge on any atom is 0.0380 e. The normalized spacial score (nSPS) is 14.4. The van der Waals surface area contributed by atoms with Crippen molar-refractivity contribution in [2.45, 2.75) is 93.0 Å². The molecule has 3 heteroatoms. The summed E-state index contributed by atoms with van der Waals surface area (Å²) < 4.78 is 0. The van der Waals surface area contributed by atoms with Crippen LogP contribution >= 0.6 is 0 Å². The second-order valence-corrected chi connectivity index (χ2v) is 10.7. The van der Waals surface area contributed by atoms with Crippen molar-refractivity contribution in [3.63, 3.8) is 0 Å². The third-order valence-electron chi connectivity index (χ3n) is 5.32. The van der Waals surface area contributed by atoms with Gasteiger partial charge in [-0.2, -0.15) is 0 Å². The highest BCUT2D eigenvalue weighted by atomic mass is 15.4. The van der Waals surface area contributed by atoms with Crippen LogP contribution in [-0.4, -0.2) is 24.0 Å². The minimum Gasteiger partial charge on any atom is -0.375 e. The summed E-state index contributed by atoms with van der Waals surface area (Å²) in [5.41, 5.74) is 10.8. The molecule has 0 amide bonds. The number of hydrazine groups is 1. The first-order valence-corrected chi connectivity index (χ1v) is 10.3. The average Bonchev–Trinajstić information content (AvgIpc) is 2.49. The third kappa shape index (κ3) is 12.0. The lowest BCUT2D eigenvalue weighted by Crippen LogP contribution is -2.48. The largest absolute Gasteiger partial charge is 0.375 e. The molecule has 2 N–H and O–H groups in total. The Bertz CT molecular complexity index is 510. The first kappa shape index (κ1) is 25.8. The number of rotatable bonds is 13. The summed E-state index contributed by atoms with van der Waals surface area (Å²) in [7, 11) is 2.08. The van der Waals surface area contributed by atoms with E-state index in [0.29, 0.717) is 0 Å². The molecule has 3 nitrogen and oxygen atoms in total. The molecule has 0 radical (unpaired) electrons. The molecule has 0 aliphatic carbocycles. The van der Waals surface area contributed by atoms with E-state index >= 15 is 0 Å². The van der Waals surface area contributed by atoms with Crippen LogP contribution in [0.25, 0.3) is 0 Å². The molecule has 0 rings (SSSR count). The molecule has 0 bridgehead atoms. The minimum atomic E-state index is 0.00703. The number of hydrogen-bond acceptors (Lipinski definition) is 3. The van der Waals surface area contributed by atoms with Gasteiger partial charge in [0.05, 0.1) is 0 Å². The van der Waals surface area contributed by atoms with Gasteiger partial charge < -0.3 is 10.3 Å². The Hall–Kier alpha value is -1.22. The van der Waals surface area contributed by atoms with Crippen LogP contribution < -0.4 is 10.9 Å². The predicted molar refractivity (Wildman–Crippen MR) is 122 cm³/mol. The van der Waals surface area contributed by atoms with Crippen molar-refractivity contribution >= 4 is 0 Å². The van der Waals surface area contributed by atoms with Crippen molar-refractivity contribution in [2.24, 2.45) is 10.8 Å². The molecule has 0 heterocycles. The van der Waals surface area contributed by atoms with Gasteiger partial charge in [0.1, 0.15) is 0 Å². The number of allylic oxidation sites excluding steroid dienone is 2. The predicted octanol–water partition coefficient (Wildman–Crippen LogP) is 6.42. The van der Waals surface area contributed by atoms with E-state index in [2.05, 4.69) is 91.0 Å². The molecule has 1 atom stereocenters. The van der Waals surface area contributed by atoms with E-state index in [9.17, 15) is 0 Å². The first-order valence-electron chi connectivity index (χ1n) is 10.3. The minimum absolute atomic E-state index is 0.00703. The van der Waals surface area contributed by atoms with E-state index in [0.717, 1.165) is 50.0 Å². The van der Waals surface area contributed by atoms with Crippen molar-refractivity contribution < 1.29 is 0 Å². The Morgan fingerprint density at radius 2 is 1.48 bits per heavy atom. The van der Waals surface area contributed by atoms with Crippen LogP contribution in [0.5, 0.6) is 0 Å². The molecule has 0 saturated heterocycles. The summed E-state index contributed by atoms with van der Waals surface area (Å²) in [5, 5.41) is 0. The van der Waals surface area contributed by atoms with Crippen LogP contribution in [0.1, 0.15) is 87.5 Å². The Labute approximate surface area is 170 Å². The first-order chi connectivity index (χ1) is 12.1. The van der Waals surface area contributed by atoms with Gasteiger partial charge in [-0.1, -0.05) is 66.3 Å². The van der Waals surface area contributed by atoms with Gasteiger partial charge in [-0.3, -0.25) is 0 Å². The number of likely N-dealkylation sites (N-methyl/N-ethyl adjacent to an activating group) is 1. The molecule has 1 unspecified atom stereocenters. The molecular weight excluding hydrogens is 330 g/mol. The second-order valence-electron chi connectivity index (χ2n) is 10.7. The van der Waals surface area contributed by atoms with Crippen molar-refractivity contribution in [3.05, 3.63) is 36.7 Å². The lowest BCUT2D eigenvalue weighted by molar-refractivity contribution is 0.216. The van der Waals surface area contributed by atoms with Gasteiger partial charge in [0, 0.05) is 30.5 Å². The van der Waals surface area contributed by atoms with Crippen LogP contribution in [0.15, 0.2) is 36.7 Å². The Balaban J connectivity index is 4.61. The van der Waals surface area contributed by atoms with Gasteiger partial charge >= 0.3 is 0 Å². The summed E-state index contributed by atoms with van der Waals surface area (Å²) in [6.07, 6.45) is 5.42. The smallest absolute Gasteiger partial charge is 0.0380 e. The van der Waals surface area contributed by atoms with Gasteiger partial charge in [0.2, 0.25) is 0 Å². The molecule has 158 valence electrons. The van der Waals surface area contributed by atoms with Crippen LogP contribution in [0.3, 0.4) is 0 Å². The third-order valence-corrected chi connectivity index (χ3v) is 5.32. The Kier molecular flexibility index (Phi) is 9.89. The van der Waals surface area contributed by atoms with E-state index in [1.54, 1.807) is 0 Å². The van der Waals surface area contributed by atoms with Crippen LogP contribution in [0, 0.1) is 10.8 Å². The fourth-order valence-electron chi connectivity index (χ4n) is 3.14. The van der Waals surface area contributed by atoms with Crippen molar-refractivity contribution in [1.82, 2.24) is 15.8 Å². The van der Waals surface area contributed by atoms with Crippen molar-refractivity contribution in [3.8, 4) is 0 Å². The summed E-state index contributed by atoms with van der Waals surface area (Å²) in [6.45, 7) is 31.3. The van der Waals surface area contributed by atoms with E-state index < -0.39 is 0 Å². The van der Waals surface area contributed by atoms with Crippen molar-refractivity contribution in [1.29, 1.82) is 0 Å². The molecule has 0 aliphatic heterocycles. The number of nitrogens with one attached hydrogen (secondary N) is 2. The lowest BCUT2D eigenvalue weighted by Gasteiger charge is -2.36. The molecule has 0 aromatic carbocycles. The maximum atomic E-state index is 4.33. The second kappa shape index (κ2) is 10.4. The van der Waals surface area contributed by atoms with Crippen LogP contribution in [-0.2, 0) is 0 Å². The number of hydrogen-bond donors (Lipinski definition) is 2. The zero-order valence-electron chi connectivity index (χ0n) is 19.8. The molecule has 27 heavy (non-hydrogen) atoms. The molecule has 0 fully saturated rings. The van der Waals surface area contributed by atoms with Crippen LogP contribution in [0.2, 0.25) is 0 Å². The number of nitrogens with zero attached hydrogens (tertiary/aromatic N) is 1. The summed E-state index contributed by atoms with van der Waals surface area (Å²) in [5.74, 6) is 0. The molecule has 0 spiro atoms. The highest BCUT2D eigenvalue weighted by Gasteiger charge is 2.28. The molecule has 0 saturated carbocycles. The zero-order chi connectivity index (χ0) is 21.5. The average molecular weight is 378 g/mol. The van der Waals surface area contributed by atoms with Crippen LogP contribution in [0.4, 0.5) is 0 Å². The SMILES string of the molecule is C=C(CN(C)C(=C)C)CC(C)(CC)CCC(C)(C)NNC(=C)CC(C)(C)C. The van der Waals surface area contributed by atoms with E-state index in [-0.39, 0.29) is 16.4 Å². The fourth-order valence-corrected chi connectivity index (χ4v) is 3.14. The monoisotopic (exact) mass is 377 g/mol. The quantitative estimate of drug-likeness (QED) is 0.286. The Morgan fingerprint density at radius 3 is 1.93 bits per heavy atom. The van der Waals surface area contributed by atoms with Gasteiger partial charge in [-0.15, -0.1) is 0 Å². The maximum absolute atomic E-state index is 4.33. The van der Waals surface area contributed by atoms with Gasteiger partial charge in [-0.05, 0) is 57.3 Å². The van der Waals surface area contributed by atoms with Crippen molar-refractivity contribution in [2.75, 3.05) is 13.6 Å². The molecule has 0 aromatic rings. The summed E-state index contributed by atoms with van der Waals surface area (Å²) >= 11 is 0. The highest BCUT2D eigenvalue weighted by molar-refractivity contribution is 5.05. The van der Waals surface area contributed by atoms with Gasteiger partial charge in [0.15, 0.2) is 0 Å². The highest BCUT2D eigenvalue weighted by Crippen LogP contribution is 2.36. The summed E-state index contributed by atoms with van der Waals surface area (Å²) in [6, 6.07) is 0. The fraction of sp³-hybridized carbons (Fsp3) is 0.750. The van der Waals surface area contributed by atoms with Gasteiger partial charge in [0.25, 0.3) is 0 Å². The molecule has 0 aliphatic rings. The standard InChI is InChI=1S/C24H47N3/c1-13-24(11,16-20(4)18-27(12)19(2)3)15-14-23(9,10)26-25-21(5)17-22(6,7)8/h25-26H,2,4-5,13-18H2,1,3,6-12H3. The lowest BCUT2D eigenvalue weighted by atomic mass is 9.75. The Morgan fingerprint density at radius 1 is 0.926 bits per heavy atom. The molecule has 0 aromatic heterocycles. The molecular formula is C24H47N3. The van der Waals surface area contributed by atoms with E-state index in [1.165, 1.54) is 5.57 Å². The summed E-state index contributed by atoms with van der Waals surface area (Å²) in [4.78, 5) is 2.18. The van der Waals surface area contributed by atoms with Gasteiger partial charge in [-0.25, -0.2) is 5.43 Å². The topological polar surface area (TPSA) is 27.3 Å². The zero-order valence-corrected chi connectivity index (χ0v) is 19.8. The van der Waals surface area contributed by atoms with E-state index in [1.807, 2.05) is 6.92 Å².